The van der Waals surface area contributed by atoms with Crippen molar-refractivity contribution >= 4 is 11.9 Å². The van der Waals surface area contributed by atoms with Crippen LogP contribution in [0.5, 0.6) is 5.75 Å². The first-order valence-electron chi connectivity index (χ1n) is 7.99. The maximum Gasteiger partial charge on any atom is 0.221 e. The largest absolute Gasteiger partial charge is 0.497 e. The Labute approximate surface area is 138 Å². The predicted octanol–water partition coefficient (Wildman–Crippen LogP) is 1.66. The third-order valence-electron chi connectivity index (χ3n) is 2.99. The first kappa shape index (κ1) is 18.8. The summed E-state index contributed by atoms with van der Waals surface area (Å²) >= 11 is 0. The van der Waals surface area contributed by atoms with Crippen molar-refractivity contribution < 1.29 is 9.53 Å². The van der Waals surface area contributed by atoms with Crippen LogP contribution in [0.3, 0.4) is 0 Å². The average Bonchev–Trinajstić information content (AvgIpc) is 2.52. The molecule has 1 rings (SSSR count). The van der Waals surface area contributed by atoms with Gasteiger partial charge in [-0.05, 0) is 38.5 Å². The topological polar surface area (TPSA) is 74.8 Å². The molecule has 0 bridgehead atoms. The van der Waals surface area contributed by atoms with Crippen molar-refractivity contribution in [3.05, 3.63) is 29.8 Å². The number of methoxy groups -OCH3 is 1. The van der Waals surface area contributed by atoms with Crippen LogP contribution < -0.4 is 20.7 Å². The SMILES string of the molecule is CCNC(=NCc1cccc(OC)c1)NCCC(=O)NC(C)C. The summed E-state index contributed by atoms with van der Waals surface area (Å²) in [6.45, 7) is 7.76. The number of nitrogens with zero attached hydrogens (tertiary/aromatic N) is 1. The van der Waals surface area contributed by atoms with Crippen LogP contribution in [0, 0.1) is 0 Å². The number of guanidine groups is 1. The maximum atomic E-state index is 11.6. The molecule has 3 N–H and O–H groups in total. The van der Waals surface area contributed by atoms with Gasteiger partial charge in [-0.2, -0.15) is 0 Å². The van der Waals surface area contributed by atoms with Gasteiger partial charge >= 0.3 is 0 Å². The molecule has 128 valence electrons. The summed E-state index contributed by atoms with van der Waals surface area (Å²) in [6, 6.07) is 7.98. The Balaban J connectivity index is 2.51. The van der Waals surface area contributed by atoms with Crippen LogP contribution in [-0.4, -0.2) is 38.1 Å². The number of amides is 1. The Bertz CT molecular complexity index is 515. The van der Waals surface area contributed by atoms with E-state index in [-0.39, 0.29) is 11.9 Å². The highest BCUT2D eigenvalue weighted by Crippen LogP contribution is 2.13. The molecule has 6 heteroatoms. The fraction of sp³-hybridized carbons (Fsp3) is 0.529. The van der Waals surface area contributed by atoms with E-state index < -0.39 is 0 Å². The molecule has 0 aliphatic carbocycles. The van der Waals surface area contributed by atoms with Crippen LogP contribution in [0.2, 0.25) is 0 Å². The van der Waals surface area contributed by atoms with E-state index >= 15 is 0 Å². The molecule has 23 heavy (non-hydrogen) atoms. The molecule has 0 unspecified atom stereocenters. The lowest BCUT2D eigenvalue weighted by Crippen LogP contribution is -2.40. The molecule has 0 radical (unpaired) electrons. The third kappa shape index (κ3) is 8.09. The highest BCUT2D eigenvalue weighted by molar-refractivity contribution is 5.81. The van der Waals surface area contributed by atoms with Crippen molar-refractivity contribution in [2.75, 3.05) is 20.2 Å². The van der Waals surface area contributed by atoms with Crippen LogP contribution in [0.15, 0.2) is 29.3 Å². The minimum atomic E-state index is 0.0381. The van der Waals surface area contributed by atoms with Gasteiger partial charge in [0.25, 0.3) is 0 Å². The average molecular weight is 320 g/mol. The molecule has 0 heterocycles. The molecule has 1 amide bonds. The molecule has 0 aliphatic heterocycles. The van der Waals surface area contributed by atoms with Gasteiger partial charge in [0.1, 0.15) is 5.75 Å². The van der Waals surface area contributed by atoms with E-state index in [2.05, 4.69) is 20.9 Å². The van der Waals surface area contributed by atoms with Crippen molar-refractivity contribution in [2.45, 2.75) is 39.8 Å². The number of hydrogen-bond donors (Lipinski definition) is 3. The second-order valence-corrected chi connectivity index (χ2v) is 5.45. The van der Waals surface area contributed by atoms with E-state index in [9.17, 15) is 4.79 Å². The lowest BCUT2D eigenvalue weighted by Gasteiger charge is -2.12. The molecule has 0 aliphatic rings. The van der Waals surface area contributed by atoms with Crippen molar-refractivity contribution in [3.63, 3.8) is 0 Å². The molecular formula is C17H28N4O2. The van der Waals surface area contributed by atoms with Crippen LogP contribution in [-0.2, 0) is 11.3 Å². The Morgan fingerprint density at radius 1 is 1.30 bits per heavy atom. The fourth-order valence-corrected chi connectivity index (χ4v) is 1.97. The Morgan fingerprint density at radius 3 is 2.74 bits per heavy atom. The molecule has 0 saturated carbocycles. The summed E-state index contributed by atoms with van der Waals surface area (Å²) < 4.78 is 5.21. The van der Waals surface area contributed by atoms with Gasteiger partial charge in [0.05, 0.1) is 13.7 Å². The first-order chi connectivity index (χ1) is 11.0. The number of nitrogens with one attached hydrogen (secondary N) is 3. The van der Waals surface area contributed by atoms with Gasteiger partial charge in [0, 0.05) is 25.6 Å². The second kappa shape index (κ2) is 10.5. The van der Waals surface area contributed by atoms with E-state index in [1.54, 1.807) is 7.11 Å². The maximum absolute atomic E-state index is 11.6. The number of aliphatic imine (C=N–C) groups is 1. The smallest absolute Gasteiger partial charge is 0.221 e. The fourth-order valence-electron chi connectivity index (χ4n) is 1.97. The molecule has 6 nitrogen and oxygen atoms in total. The zero-order valence-corrected chi connectivity index (χ0v) is 14.5. The normalized spacial score (nSPS) is 11.3. The van der Waals surface area contributed by atoms with E-state index in [0.29, 0.717) is 25.5 Å². The molecule has 0 saturated heterocycles. The number of ether oxygens (including phenoxy) is 1. The van der Waals surface area contributed by atoms with Crippen molar-refractivity contribution in [3.8, 4) is 5.75 Å². The van der Waals surface area contributed by atoms with Gasteiger partial charge in [-0.15, -0.1) is 0 Å². The van der Waals surface area contributed by atoms with Gasteiger partial charge in [-0.25, -0.2) is 4.99 Å². The van der Waals surface area contributed by atoms with Crippen LogP contribution >= 0.6 is 0 Å². The van der Waals surface area contributed by atoms with Crippen LogP contribution in [0.4, 0.5) is 0 Å². The van der Waals surface area contributed by atoms with E-state index in [1.807, 2.05) is 45.0 Å². The summed E-state index contributed by atoms with van der Waals surface area (Å²) in [4.78, 5) is 16.1. The summed E-state index contributed by atoms with van der Waals surface area (Å²) in [7, 11) is 1.65. The molecular weight excluding hydrogens is 292 g/mol. The first-order valence-corrected chi connectivity index (χ1v) is 7.99. The second-order valence-electron chi connectivity index (χ2n) is 5.45. The minimum Gasteiger partial charge on any atom is -0.497 e. The third-order valence-corrected chi connectivity index (χ3v) is 2.99. The highest BCUT2D eigenvalue weighted by atomic mass is 16.5. The summed E-state index contributed by atoms with van der Waals surface area (Å²) in [6.07, 6.45) is 0.418. The predicted molar refractivity (Wildman–Crippen MR) is 93.7 cm³/mol. The lowest BCUT2D eigenvalue weighted by molar-refractivity contribution is -0.121. The van der Waals surface area contributed by atoms with Crippen molar-refractivity contribution in [2.24, 2.45) is 4.99 Å². The van der Waals surface area contributed by atoms with Gasteiger partial charge in [-0.1, -0.05) is 12.1 Å². The summed E-state index contributed by atoms with van der Waals surface area (Å²) in [5, 5.41) is 9.21. The monoisotopic (exact) mass is 320 g/mol. The van der Waals surface area contributed by atoms with Gasteiger partial charge in [0.15, 0.2) is 5.96 Å². The Morgan fingerprint density at radius 2 is 2.09 bits per heavy atom. The Hall–Kier alpha value is -2.24. The minimum absolute atomic E-state index is 0.0381. The number of hydrogen-bond acceptors (Lipinski definition) is 3. The van der Waals surface area contributed by atoms with E-state index in [4.69, 9.17) is 4.74 Å². The molecule has 0 aromatic heterocycles. The molecule has 1 aromatic carbocycles. The molecule has 0 spiro atoms. The molecule has 0 atom stereocenters. The number of benzene rings is 1. The zero-order valence-electron chi connectivity index (χ0n) is 14.5. The van der Waals surface area contributed by atoms with Gasteiger partial charge < -0.3 is 20.7 Å². The quantitative estimate of drug-likeness (QED) is 0.503. The van der Waals surface area contributed by atoms with Crippen LogP contribution in [0.25, 0.3) is 0 Å². The van der Waals surface area contributed by atoms with Crippen molar-refractivity contribution in [1.82, 2.24) is 16.0 Å². The number of carbonyl (C=O) groups is 1. The van der Waals surface area contributed by atoms with E-state index in [0.717, 1.165) is 17.9 Å². The summed E-state index contributed by atoms with van der Waals surface area (Å²) in [5.74, 6) is 1.56. The zero-order chi connectivity index (χ0) is 17.1. The Kier molecular flexibility index (Phi) is 8.57. The van der Waals surface area contributed by atoms with E-state index in [1.165, 1.54) is 0 Å². The van der Waals surface area contributed by atoms with Gasteiger partial charge in [-0.3, -0.25) is 4.79 Å². The highest BCUT2D eigenvalue weighted by Gasteiger charge is 2.04. The summed E-state index contributed by atoms with van der Waals surface area (Å²) in [5.41, 5.74) is 1.07. The molecule has 1 aromatic rings. The van der Waals surface area contributed by atoms with Gasteiger partial charge in [0.2, 0.25) is 5.91 Å². The lowest BCUT2D eigenvalue weighted by atomic mass is 10.2. The number of rotatable bonds is 8. The number of carbonyl (C=O) groups excluding carboxylic acids is 1. The van der Waals surface area contributed by atoms with Crippen molar-refractivity contribution in [1.29, 1.82) is 0 Å². The van der Waals surface area contributed by atoms with Crippen LogP contribution in [0.1, 0.15) is 32.8 Å². The molecule has 0 fully saturated rings. The standard InChI is InChI=1S/C17H28N4O2/c1-5-18-17(19-10-9-16(22)21-13(2)3)20-12-14-7-6-8-15(11-14)23-4/h6-8,11,13H,5,9-10,12H2,1-4H3,(H,21,22)(H2,18,19,20).